The third-order valence-corrected chi connectivity index (χ3v) is 4.00. The predicted octanol–water partition coefficient (Wildman–Crippen LogP) is 4.86. The Hall–Kier alpha value is -0.930. The van der Waals surface area contributed by atoms with Gasteiger partial charge in [0.1, 0.15) is 12.4 Å². The van der Waals surface area contributed by atoms with Gasteiger partial charge >= 0.3 is 0 Å². The molecule has 1 unspecified atom stereocenters. The number of likely N-dealkylation sites (N-methyl/N-ethyl adjacent to an activating group) is 1. The molecule has 2 rings (SSSR count). The Bertz CT molecular complexity index is 587. The van der Waals surface area contributed by atoms with Crippen molar-refractivity contribution in [1.82, 2.24) is 5.32 Å². The average molecular weight is 345 g/mol. The Kier molecular flexibility index (Phi) is 6.19. The normalized spacial score (nSPS) is 12.2. The van der Waals surface area contributed by atoms with E-state index in [2.05, 4.69) is 5.32 Å². The Morgan fingerprint density at radius 3 is 2.33 bits per heavy atom. The Morgan fingerprint density at radius 1 is 1.00 bits per heavy atom. The fourth-order valence-corrected chi connectivity index (χ4v) is 2.45. The smallest absolute Gasteiger partial charge is 0.119 e. The minimum atomic E-state index is 0.136. The molecule has 0 saturated carbocycles. The molecule has 0 aromatic heterocycles. The van der Waals surface area contributed by atoms with Gasteiger partial charge in [0.2, 0.25) is 0 Å². The lowest BCUT2D eigenvalue weighted by molar-refractivity contribution is 0.270. The topological polar surface area (TPSA) is 21.3 Å². The van der Waals surface area contributed by atoms with Crippen molar-refractivity contribution in [3.63, 3.8) is 0 Å². The highest BCUT2D eigenvalue weighted by Crippen LogP contribution is 2.22. The van der Waals surface area contributed by atoms with Crippen LogP contribution in [0.25, 0.3) is 0 Å². The summed E-state index contributed by atoms with van der Waals surface area (Å²) >= 11 is 18.0. The van der Waals surface area contributed by atoms with Gasteiger partial charge in [0.15, 0.2) is 0 Å². The number of nitrogens with one attached hydrogen (secondary N) is 1. The molecule has 0 aliphatic heterocycles. The fraction of sp³-hybridized carbons (Fsp3) is 0.250. The van der Waals surface area contributed by atoms with Crippen LogP contribution in [0.2, 0.25) is 15.1 Å². The van der Waals surface area contributed by atoms with E-state index in [1.165, 1.54) is 0 Å². The van der Waals surface area contributed by atoms with E-state index in [0.29, 0.717) is 21.7 Å². The Morgan fingerprint density at radius 2 is 1.67 bits per heavy atom. The van der Waals surface area contributed by atoms with Gasteiger partial charge in [-0.25, -0.2) is 0 Å². The van der Waals surface area contributed by atoms with Gasteiger partial charge in [0.25, 0.3) is 0 Å². The number of hydrogen-bond donors (Lipinski definition) is 1. The number of rotatable bonds is 6. The van der Waals surface area contributed by atoms with Crippen LogP contribution >= 0.6 is 34.8 Å². The molecule has 0 aliphatic rings. The lowest BCUT2D eigenvalue weighted by Crippen LogP contribution is -2.33. The van der Waals surface area contributed by atoms with E-state index in [9.17, 15) is 0 Å². The van der Waals surface area contributed by atoms with E-state index in [1.54, 1.807) is 18.2 Å². The van der Waals surface area contributed by atoms with Gasteiger partial charge in [-0.05, 0) is 61.5 Å². The third-order valence-electron chi connectivity index (χ3n) is 3.15. The molecule has 112 valence electrons. The number of halogens is 3. The molecule has 0 amide bonds. The van der Waals surface area contributed by atoms with E-state index in [1.807, 2.05) is 31.3 Å². The van der Waals surface area contributed by atoms with Crippen LogP contribution in [0.5, 0.6) is 5.75 Å². The lowest BCUT2D eigenvalue weighted by Gasteiger charge is -2.18. The molecule has 0 spiro atoms. The molecule has 0 bridgehead atoms. The van der Waals surface area contributed by atoms with Crippen molar-refractivity contribution in [1.29, 1.82) is 0 Å². The second kappa shape index (κ2) is 7.90. The molecular weight excluding hydrogens is 329 g/mol. The first-order chi connectivity index (χ1) is 10.1. The van der Waals surface area contributed by atoms with Crippen LogP contribution in [-0.2, 0) is 6.42 Å². The molecule has 0 aliphatic carbocycles. The molecule has 0 heterocycles. The predicted molar refractivity (Wildman–Crippen MR) is 90.0 cm³/mol. The maximum atomic E-state index is 6.19. The van der Waals surface area contributed by atoms with Gasteiger partial charge < -0.3 is 10.1 Å². The molecule has 0 radical (unpaired) electrons. The summed E-state index contributed by atoms with van der Waals surface area (Å²) in [6, 6.07) is 12.9. The number of ether oxygens (including phenoxy) is 1. The van der Waals surface area contributed by atoms with Crippen LogP contribution < -0.4 is 10.1 Å². The summed E-state index contributed by atoms with van der Waals surface area (Å²) < 4.78 is 5.76. The molecule has 21 heavy (non-hydrogen) atoms. The zero-order valence-electron chi connectivity index (χ0n) is 11.6. The van der Waals surface area contributed by atoms with Gasteiger partial charge in [-0.2, -0.15) is 0 Å². The Balaban J connectivity index is 1.96. The summed E-state index contributed by atoms with van der Waals surface area (Å²) in [5.74, 6) is 0.789. The largest absolute Gasteiger partial charge is 0.492 e. The fourth-order valence-electron chi connectivity index (χ4n) is 1.94. The highest BCUT2D eigenvalue weighted by Gasteiger charge is 2.11. The molecule has 5 heteroatoms. The maximum absolute atomic E-state index is 6.19. The van der Waals surface area contributed by atoms with Crippen molar-refractivity contribution in [2.24, 2.45) is 0 Å². The van der Waals surface area contributed by atoms with E-state index >= 15 is 0 Å². The van der Waals surface area contributed by atoms with Crippen molar-refractivity contribution in [2.45, 2.75) is 12.5 Å². The zero-order chi connectivity index (χ0) is 15.2. The minimum absolute atomic E-state index is 0.136. The third kappa shape index (κ3) is 5.08. The van der Waals surface area contributed by atoms with Crippen molar-refractivity contribution >= 4 is 34.8 Å². The van der Waals surface area contributed by atoms with Crippen molar-refractivity contribution in [3.8, 4) is 5.75 Å². The minimum Gasteiger partial charge on any atom is -0.492 e. The molecule has 1 N–H and O–H groups in total. The van der Waals surface area contributed by atoms with Crippen LogP contribution in [0.1, 0.15) is 5.56 Å². The van der Waals surface area contributed by atoms with E-state index in [0.717, 1.165) is 17.7 Å². The lowest BCUT2D eigenvalue weighted by atomic mass is 10.1. The quantitative estimate of drug-likeness (QED) is 0.808. The summed E-state index contributed by atoms with van der Waals surface area (Å²) in [5, 5.41) is 5.32. The van der Waals surface area contributed by atoms with Gasteiger partial charge in [0, 0.05) is 21.1 Å². The highest BCUT2D eigenvalue weighted by molar-refractivity contribution is 6.33. The highest BCUT2D eigenvalue weighted by atomic mass is 35.5. The van der Waals surface area contributed by atoms with Crippen LogP contribution in [0.4, 0.5) is 0 Å². The van der Waals surface area contributed by atoms with Crippen molar-refractivity contribution < 1.29 is 4.74 Å². The first kappa shape index (κ1) is 16.4. The summed E-state index contributed by atoms with van der Waals surface area (Å²) in [7, 11) is 1.90. The van der Waals surface area contributed by atoms with Gasteiger partial charge in [-0.3, -0.25) is 0 Å². The van der Waals surface area contributed by atoms with Crippen LogP contribution in [0.3, 0.4) is 0 Å². The van der Waals surface area contributed by atoms with Crippen LogP contribution in [0, 0.1) is 0 Å². The summed E-state index contributed by atoms with van der Waals surface area (Å²) in [4.78, 5) is 0. The molecule has 2 aromatic carbocycles. The average Bonchev–Trinajstić information content (AvgIpc) is 2.48. The first-order valence-electron chi connectivity index (χ1n) is 6.58. The zero-order valence-corrected chi connectivity index (χ0v) is 13.8. The van der Waals surface area contributed by atoms with E-state index in [4.69, 9.17) is 39.5 Å². The SMILES string of the molecule is CNC(COc1ccc(Cl)cc1)Cc1cc(Cl)ccc1Cl. The van der Waals surface area contributed by atoms with Gasteiger partial charge in [0.05, 0.1) is 0 Å². The van der Waals surface area contributed by atoms with E-state index in [-0.39, 0.29) is 6.04 Å². The molecular formula is C16H16Cl3NO. The number of hydrogen-bond acceptors (Lipinski definition) is 2. The van der Waals surface area contributed by atoms with Crippen LogP contribution in [-0.4, -0.2) is 19.7 Å². The van der Waals surface area contributed by atoms with Crippen LogP contribution in [0.15, 0.2) is 42.5 Å². The molecule has 1 atom stereocenters. The van der Waals surface area contributed by atoms with E-state index < -0.39 is 0 Å². The second-order valence-corrected chi connectivity index (χ2v) is 5.97. The van der Waals surface area contributed by atoms with Crippen molar-refractivity contribution in [2.75, 3.05) is 13.7 Å². The molecule has 2 nitrogen and oxygen atoms in total. The number of benzene rings is 2. The first-order valence-corrected chi connectivity index (χ1v) is 7.71. The molecule has 2 aromatic rings. The molecule has 0 saturated heterocycles. The summed E-state index contributed by atoms with van der Waals surface area (Å²) in [6.07, 6.45) is 0.740. The standard InChI is InChI=1S/C16H16Cl3NO/c1-20-14(9-11-8-13(18)4-7-16(11)19)10-21-15-5-2-12(17)3-6-15/h2-8,14,20H,9-10H2,1H3. The maximum Gasteiger partial charge on any atom is 0.119 e. The Labute approximate surface area is 140 Å². The summed E-state index contributed by atoms with van der Waals surface area (Å²) in [6.45, 7) is 0.529. The second-order valence-electron chi connectivity index (χ2n) is 4.69. The molecule has 0 fully saturated rings. The summed E-state index contributed by atoms with van der Waals surface area (Å²) in [5.41, 5.74) is 1.00. The monoisotopic (exact) mass is 343 g/mol. The van der Waals surface area contributed by atoms with Gasteiger partial charge in [-0.15, -0.1) is 0 Å². The van der Waals surface area contributed by atoms with Gasteiger partial charge in [-0.1, -0.05) is 34.8 Å². The van der Waals surface area contributed by atoms with Crippen molar-refractivity contribution in [3.05, 3.63) is 63.1 Å².